The van der Waals surface area contributed by atoms with Crippen LogP contribution in [0.4, 0.5) is 16.3 Å². The van der Waals surface area contributed by atoms with Gasteiger partial charge in [0.05, 0.1) is 13.2 Å². The summed E-state index contributed by atoms with van der Waals surface area (Å²) in [6, 6.07) is -0.113. The zero-order valence-electron chi connectivity index (χ0n) is 20.4. The van der Waals surface area contributed by atoms with Gasteiger partial charge in [-0.1, -0.05) is 20.8 Å². The van der Waals surface area contributed by atoms with Crippen LogP contribution in [0, 0.1) is 11.2 Å². The van der Waals surface area contributed by atoms with Crippen molar-refractivity contribution in [1.82, 2.24) is 24.8 Å². The Balaban J connectivity index is 1.52. The van der Waals surface area contributed by atoms with Gasteiger partial charge in [-0.25, -0.2) is 15.0 Å². The Kier molecular flexibility index (Phi) is 7.04. The first-order chi connectivity index (χ1) is 16.5. The van der Waals surface area contributed by atoms with Crippen LogP contribution < -0.4 is 15.4 Å². The number of aromatic nitrogens is 4. The molecule has 1 saturated carbocycles. The number of carbonyl (C=O) groups excluding carboxylic acids is 1. The summed E-state index contributed by atoms with van der Waals surface area (Å²) in [5.74, 6) is -0.821. The van der Waals surface area contributed by atoms with Crippen molar-refractivity contribution in [2.24, 2.45) is 5.41 Å². The predicted octanol–water partition coefficient (Wildman–Crippen LogP) is 1.27. The highest BCUT2D eigenvalue weighted by Gasteiger charge is 2.40. The number of rotatable bonds is 6. The molecule has 0 bridgehead atoms. The number of hydrogen-bond acceptors (Lipinski definition) is 10. The Morgan fingerprint density at radius 1 is 1.26 bits per heavy atom. The van der Waals surface area contributed by atoms with Crippen molar-refractivity contribution in [3.63, 3.8) is 0 Å². The van der Waals surface area contributed by atoms with Gasteiger partial charge in [-0.15, -0.1) is 0 Å². The van der Waals surface area contributed by atoms with Gasteiger partial charge in [0.2, 0.25) is 17.7 Å². The number of carbonyl (C=O) groups is 1. The second-order valence-corrected chi connectivity index (χ2v) is 10.0. The molecular formula is C23H32FN7O4. The quantitative estimate of drug-likeness (QED) is 0.609. The summed E-state index contributed by atoms with van der Waals surface area (Å²) in [6.45, 7) is 7.59. The standard InChI is InChI=1S/C23H32FN7O4/c1-23(2,3)18(32)20(33)30(4)14-9-15(10-14)35-19-16(24)17(13-11-26-21(25)27-12-13)28-22(29-19)31-5-7-34-8-6-31/h11-12,14-15,18,32H,5-10H2,1-4H3,(H2,25,26,27)/t14-,15-,18-/m0/s1. The minimum atomic E-state index is -1.10. The molecule has 190 valence electrons. The van der Waals surface area contributed by atoms with E-state index in [0.717, 1.165) is 0 Å². The fourth-order valence-corrected chi connectivity index (χ4v) is 3.90. The number of nitrogen functional groups attached to an aromatic ring is 1. The Morgan fingerprint density at radius 3 is 2.49 bits per heavy atom. The summed E-state index contributed by atoms with van der Waals surface area (Å²) in [4.78, 5) is 32.7. The van der Waals surface area contributed by atoms with Crippen LogP contribution in [0.3, 0.4) is 0 Å². The predicted molar refractivity (Wildman–Crippen MR) is 126 cm³/mol. The molecule has 1 aliphatic heterocycles. The van der Waals surface area contributed by atoms with E-state index in [0.29, 0.717) is 50.7 Å². The second-order valence-electron chi connectivity index (χ2n) is 10.0. The number of anilines is 2. The summed E-state index contributed by atoms with van der Waals surface area (Å²) in [5.41, 5.74) is 5.38. The van der Waals surface area contributed by atoms with E-state index in [1.165, 1.54) is 12.4 Å². The summed E-state index contributed by atoms with van der Waals surface area (Å²) in [5, 5.41) is 10.3. The third-order valence-corrected chi connectivity index (χ3v) is 6.35. The monoisotopic (exact) mass is 489 g/mol. The zero-order chi connectivity index (χ0) is 25.3. The highest BCUT2D eigenvalue weighted by atomic mass is 19.1. The lowest BCUT2D eigenvalue weighted by atomic mass is 9.85. The molecule has 4 rings (SSSR count). The number of hydrogen-bond donors (Lipinski definition) is 2. The molecule has 0 spiro atoms. The van der Waals surface area contributed by atoms with Crippen molar-refractivity contribution in [3.05, 3.63) is 18.2 Å². The van der Waals surface area contributed by atoms with Crippen molar-refractivity contribution < 1.29 is 23.8 Å². The van der Waals surface area contributed by atoms with Gasteiger partial charge in [0.1, 0.15) is 17.9 Å². The molecule has 2 aromatic heterocycles. The number of amides is 1. The van der Waals surface area contributed by atoms with E-state index in [1.807, 2.05) is 25.7 Å². The maximum atomic E-state index is 15.5. The first-order valence-electron chi connectivity index (χ1n) is 11.6. The SMILES string of the molecule is CN(C(=O)[C@H](O)C(C)(C)C)[C@H]1C[C@H](Oc2nc(N3CCOCC3)nc(-c3cnc(N)nc3)c2F)C1. The molecule has 1 amide bonds. The molecule has 1 atom stereocenters. The molecule has 3 N–H and O–H groups in total. The third-order valence-electron chi connectivity index (χ3n) is 6.35. The average molecular weight is 490 g/mol. The molecule has 1 aliphatic carbocycles. The Morgan fingerprint density at radius 2 is 1.89 bits per heavy atom. The summed E-state index contributed by atoms with van der Waals surface area (Å²) in [6.07, 6.45) is 2.36. The fourth-order valence-electron chi connectivity index (χ4n) is 3.90. The minimum Gasteiger partial charge on any atom is -0.472 e. The smallest absolute Gasteiger partial charge is 0.256 e. The van der Waals surface area contributed by atoms with Crippen LogP contribution in [0.5, 0.6) is 5.88 Å². The van der Waals surface area contributed by atoms with E-state index in [9.17, 15) is 9.90 Å². The molecule has 2 fully saturated rings. The van der Waals surface area contributed by atoms with Crippen molar-refractivity contribution in [2.75, 3.05) is 44.0 Å². The number of aliphatic hydroxyl groups excluding tert-OH is 1. The average Bonchev–Trinajstić information content (AvgIpc) is 2.81. The van der Waals surface area contributed by atoms with Crippen LogP contribution in [-0.2, 0) is 9.53 Å². The van der Waals surface area contributed by atoms with Crippen molar-refractivity contribution in [3.8, 4) is 17.1 Å². The first-order valence-corrected chi connectivity index (χ1v) is 11.6. The van der Waals surface area contributed by atoms with Crippen LogP contribution in [0.25, 0.3) is 11.3 Å². The van der Waals surface area contributed by atoms with Crippen molar-refractivity contribution in [2.45, 2.75) is 51.9 Å². The lowest BCUT2D eigenvalue weighted by Crippen LogP contribution is -2.54. The topological polar surface area (TPSA) is 140 Å². The number of ether oxygens (including phenoxy) is 2. The molecular weight excluding hydrogens is 457 g/mol. The summed E-state index contributed by atoms with van der Waals surface area (Å²) < 4.78 is 26.8. The fraction of sp³-hybridized carbons (Fsp3) is 0.609. The van der Waals surface area contributed by atoms with Gasteiger partial charge in [0, 0.05) is 57.0 Å². The Bertz CT molecular complexity index is 1050. The Hall–Kier alpha value is -3.12. The Labute approximate surface area is 203 Å². The minimum absolute atomic E-state index is 0.0213. The van der Waals surface area contributed by atoms with E-state index in [1.54, 1.807) is 11.9 Å². The van der Waals surface area contributed by atoms with Gasteiger partial charge in [0.15, 0.2) is 0 Å². The zero-order valence-corrected chi connectivity index (χ0v) is 20.4. The molecule has 0 radical (unpaired) electrons. The van der Waals surface area contributed by atoms with Crippen LogP contribution in [0.1, 0.15) is 33.6 Å². The van der Waals surface area contributed by atoms with Crippen LogP contribution in [0.15, 0.2) is 12.4 Å². The van der Waals surface area contributed by atoms with Gasteiger partial charge >= 0.3 is 0 Å². The molecule has 0 aromatic carbocycles. The second kappa shape index (κ2) is 9.86. The lowest BCUT2D eigenvalue weighted by Gasteiger charge is -2.42. The lowest BCUT2D eigenvalue weighted by molar-refractivity contribution is -0.150. The normalized spacial score (nSPS) is 21.3. The van der Waals surface area contributed by atoms with Crippen molar-refractivity contribution >= 4 is 17.8 Å². The molecule has 11 nitrogen and oxygen atoms in total. The van der Waals surface area contributed by atoms with Crippen molar-refractivity contribution in [1.29, 1.82) is 0 Å². The summed E-state index contributed by atoms with van der Waals surface area (Å²) >= 11 is 0. The first kappa shape index (κ1) is 25.0. The van der Waals surface area contributed by atoms with E-state index in [4.69, 9.17) is 15.2 Å². The van der Waals surface area contributed by atoms with E-state index in [2.05, 4.69) is 19.9 Å². The number of nitrogens with two attached hydrogens (primary N) is 1. The largest absolute Gasteiger partial charge is 0.472 e. The molecule has 12 heteroatoms. The maximum absolute atomic E-state index is 15.5. The van der Waals surface area contributed by atoms with E-state index < -0.39 is 17.3 Å². The molecule has 2 aromatic rings. The number of nitrogens with zero attached hydrogens (tertiary/aromatic N) is 6. The molecule has 1 saturated heterocycles. The van der Waals surface area contributed by atoms with Crippen LogP contribution in [-0.4, -0.2) is 87.5 Å². The number of halogens is 1. The van der Waals surface area contributed by atoms with Crippen LogP contribution in [0.2, 0.25) is 0 Å². The third kappa shape index (κ3) is 5.43. The number of morpholine rings is 1. The van der Waals surface area contributed by atoms with Gasteiger partial charge < -0.3 is 30.1 Å². The van der Waals surface area contributed by atoms with E-state index in [-0.39, 0.29) is 35.6 Å². The van der Waals surface area contributed by atoms with Gasteiger partial charge in [0.25, 0.3) is 11.8 Å². The molecule has 0 unspecified atom stereocenters. The summed E-state index contributed by atoms with van der Waals surface area (Å²) in [7, 11) is 1.67. The van der Waals surface area contributed by atoms with E-state index >= 15 is 4.39 Å². The number of aliphatic hydroxyl groups is 1. The molecule has 3 heterocycles. The van der Waals surface area contributed by atoms with Crippen LogP contribution >= 0.6 is 0 Å². The van der Waals surface area contributed by atoms with Gasteiger partial charge in [-0.05, 0) is 5.41 Å². The maximum Gasteiger partial charge on any atom is 0.256 e. The number of likely N-dealkylation sites (N-methyl/N-ethyl adjacent to an activating group) is 1. The highest BCUT2D eigenvalue weighted by Crippen LogP contribution is 2.34. The molecule has 2 aliphatic rings. The van der Waals surface area contributed by atoms with Gasteiger partial charge in [-0.3, -0.25) is 4.79 Å². The van der Waals surface area contributed by atoms with Gasteiger partial charge in [-0.2, -0.15) is 9.37 Å². The molecule has 35 heavy (non-hydrogen) atoms. The highest BCUT2D eigenvalue weighted by molar-refractivity contribution is 5.81.